The molecular formula is C18H28N2O. The van der Waals surface area contributed by atoms with Crippen LogP contribution < -0.4 is 10.1 Å². The summed E-state index contributed by atoms with van der Waals surface area (Å²) in [7, 11) is 0. The largest absolute Gasteiger partial charge is 0.493 e. The Bertz CT molecular complexity index is 488. The van der Waals surface area contributed by atoms with Crippen molar-refractivity contribution in [1.29, 1.82) is 0 Å². The molecule has 0 aliphatic carbocycles. The second-order valence-electron chi connectivity index (χ2n) is 6.93. The molecule has 1 saturated heterocycles. The fraction of sp³-hybridized carbons (Fsp3) is 0.667. The normalized spacial score (nSPS) is 26.4. The van der Waals surface area contributed by atoms with E-state index in [1.807, 2.05) is 0 Å². The minimum absolute atomic E-state index is 0.294. The molecule has 0 aromatic heterocycles. The standard InChI is InChI=1S/C18H28N2O/c1-3-20-10-4-8-18(2,13-20)14-21-17-6-5-15-7-9-19-12-16(15)11-17/h5-6,11,19H,3-4,7-10,12-14H2,1-2H3. The van der Waals surface area contributed by atoms with Crippen molar-refractivity contribution in [1.82, 2.24) is 10.2 Å². The van der Waals surface area contributed by atoms with Gasteiger partial charge in [-0.25, -0.2) is 0 Å². The Labute approximate surface area is 128 Å². The van der Waals surface area contributed by atoms with Crippen molar-refractivity contribution >= 4 is 0 Å². The number of benzene rings is 1. The van der Waals surface area contributed by atoms with Crippen LogP contribution in [0.2, 0.25) is 0 Å². The summed E-state index contributed by atoms with van der Waals surface area (Å²) in [5.74, 6) is 1.03. The van der Waals surface area contributed by atoms with Crippen molar-refractivity contribution in [2.24, 2.45) is 5.41 Å². The number of piperidine rings is 1. The Morgan fingerprint density at radius 2 is 2.24 bits per heavy atom. The van der Waals surface area contributed by atoms with Crippen LogP contribution in [-0.4, -0.2) is 37.7 Å². The predicted molar refractivity (Wildman–Crippen MR) is 86.8 cm³/mol. The van der Waals surface area contributed by atoms with Gasteiger partial charge in [-0.2, -0.15) is 0 Å². The molecule has 21 heavy (non-hydrogen) atoms. The Morgan fingerprint density at radius 1 is 1.33 bits per heavy atom. The molecule has 3 rings (SSSR count). The third-order valence-corrected chi connectivity index (χ3v) is 4.96. The van der Waals surface area contributed by atoms with Crippen LogP contribution in [0.15, 0.2) is 18.2 Å². The molecule has 0 amide bonds. The molecule has 1 N–H and O–H groups in total. The van der Waals surface area contributed by atoms with Gasteiger partial charge in [0.1, 0.15) is 5.75 Å². The Balaban J connectivity index is 1.61. The van der Waals surface area contributed by atoms with Crippen LogP contribution in [0.5, 0.6) is 5.75 Å². The molecule has 3 heteroatoms. The Morgan fingerprint density at radius 3 is 3.10 bits per heavy atom. The summed E-state index contributed by atoms with van der Waals surface area (Å²) in [5, 5.41) is 3.43. The molecular weight excluding hydrogens is 260 g/mol. The molecule has 3 nitrogen and oxygen atoms in total. The van der Waals surface area contributed by atoms with E-state index in [1.54, 1.807) is 0 Å². The zero-order chi connectivity index (χ0) is 14.7. The summed E-state index contributed by atoms with van der Waals surface area (Å²) in [5.41, 5.74) is 3.17. The van der Waals surface area contributed by atoms with E-state index < -0.39 is 0 Å². The fourth-order valence-corrected chi connectivity index (χ4v) is 3.62. The van der Waals surface area contributed by atoms with E-state index in [9.17, 15) is 0 Å². The van der Waals surface area contributed by atoms with Crippen molar-refractivity contribution < 1.29 is 4.74 Å². The number of likely N-dealkylation sites (tertiary alicyclic amines) is 1. The van der Waals surface area contributed by atoms with Crippen LogP contribution in [0.3, 0.4) is 0 Å². The fourth-order valence-electron chi connectivity index (χ4n) is 3.62. The van der Waals surface area contributed by atoms with Crippen molar-refractivity contribution in [2.75, 3.05) is 32.8 Å². The Kier molecular flexibility index (Phi) is 4.51. The van der Waals surface area contributed by atoms with Gasteiger partial charge in [0.2, 0.25) is 0 Å². The Hall–Kier alpha value is -1.06. The van der Waals surface area contributed by atoms with Crippen molar-refractivity contribution in [3.05, 3.63) is 29.3 Å². The lowest BCUT2D eigenvalue weighted by molar-refractivity contribution is 0.0592. The van der Waals surface area contributed by atoms with E-state index in [-0.39, 0.29) is 0 Å². The van der Waals surface area contributed by atoms with E-state index in [0.29, 0.717) is 5.41 Å². The van der Waals surface area contributed by atoms with Crippen molar-refractivity contribution in [2.45, 2.75) is 39.7 Å². The van der Waals surface area contributed by atoms with Gasteiger partial charge in [-0.05, 0) is 62.2 Å². The average molecular weight is 288 g/mol. The number of fused-ring (bicyclic) bond motifs is 1. The number of nitrogens with zero attached hydrogens (tertiary/aromatic N) is 1. The molecule has 2 aliphatic heterocycles. The van der Waals surface area contributed by atoms with E-state index in [4.69, 9.17) is 4.74 Å². The van der Waals surface area contributed by atoms with Gasteiger partial charge in [-0.1, -0.05) is 19.9 Å². The summed E-state index contributed by atoms with van der Waals surface area (Å²) >= 11 is 0. The van der Waals surface area contributed by atoms with Crippen molar-refractivity contribution in [3.8, 4) is 5.75 Å². The zero-order valence-corrected chi connectivity index (χ0v) is 13.5. The molecule has 0 bridgehead atoms. The minimum atomic E-state index is 0.294. The predicted octanol–water partition coefficient (Wildman–Crippen LogP) is 2.83. The highest BCUT2D eigenvalue weighted by Crippen LogP contribution is 2.31. The number of ether oxygens (including phenoxy) is 1. The molecule has 1 atom stereocenters. The second kappa shape index (κ2) is 6.37. The molecule has 1 aromatic rings. The summed E-state index contributed by atoms with van der Waals surface area (Å²) in [6, 6.07) is 6.62. The first kappa shape index (κ1) is 14.9. The molecule has 116 valence electrons. The summed E-state index contributed by atoms with van der Waals surface area (Å²) in [6.45, 7) is 11.1. The van der Waals surface area contributed by atoms with Gasteiger partial charge in [-0.15, -0.1) is 0 Å². The highest BCUT2D eigenvalue weighted by molar-refractivity contribution is 5.37. The van der Waals surface area contributed by atoms with Gasteiger partial charge in [0.25, 0.3) is 0 Å². The molecule has 2 aliphatic rings. The highest BCUT2D eigenvalue weighted by Gasteiger charge is 2.31. The second-order valence-corrected chi connectivity index (χ2v) is 6.93. The monoisotopic (exact) mass is 288 g/mol. The lowest BCUT2D eigenvalue weighted by Gasteiger charge is -2.39. The first-order valence-electron chi connectivity index (χ1n) is 8.36. The molecule has 1 fully saturated rings. The third kappa shape index (κ3) is 3.58. The van der Waals surface area contributed by atoms with Crippen LogP contribution in [0, 0.1) is 5.41 Å². The minimum Gasteiger partial charge on any atom is -0.493 e. The van der Waals surface area contributed by atoms with E-state index in [0.717, 1.165) is 45.0 Å². The quantitative estimate of drug-likeness (QED) is 0.922. The first-order chi connectivity index (χ1) is 10.2. The smallest absolute Gasteiger partial charge is 0.119 e. The zero-order valence-electron chi connectivity index (χ0n) is 13.5. The summed E-state index contributed by atoms with van der Waals surface area (Å²) in [6.07, 6.45) is 3.70. The third-order valence-electron chi connectivity index (χ3n) is 4.96. The number of nitrogens with one attached hydrogen (secondary N) is 1. The van der Waals surface area contributed by atoms with Gasteiger partial charge in [0, 0.05) is 18.5 Å². The molecule has 0 saturated carbocycles. The maximum Gasteiger partial charge on any atom is 0.119 e. The van der Waals surface area contributed by atoms with E-state index >= 15 is 0 Å². The van der Waals surface area contributed by atoms with Crippen LogP contribution in [0.25, 0.3) is 0 Å². The lowest BCUT2D eigenvalue weighted by Crippen LogP contribution is -2.44. The highest BCUT2D eigenvalue weighted by atomic mass is 16.5. The topological polar surface area (TPSA) is 24.5 Å². The van der Waals surface area contributed by atoms with E-state index in [2.05, 4.69) is 42.3 Å². The average Bonchev–Trinajstić information content (AvgIpc) is 2.53. The molecule has 1 aromatic carbocycles. The maximum atomic E-state index is 6.15. The van der Waals surface area contributed by atoms with Crippen LogP contribution in [-0.2, 0) is 13.0 Å². The molecule has 2 heterocycles. The maximum absolute atomic E-state index is 6.15. The van der Waals surface area contributed by atoms with Crippen molar-refractivity contribution in [3.63, 3.8) is 0 Å². The van der Waals surface area contributed by atoms with Gasteiger partial charge in [0.05, 0.1) is 6.61 Å². The molecule has 1 unspecified atom stereocenters. The van der Waals surface area contributed by atoms with Crippen LogP contribution >= 0.6 is 0 Å². The van der Waals surface area contributed by atoms with Gasteiger partial charge in [-0.3, -0.25) is 0 Å². The van der Waals surface area contributed by atoms with Gasteiger partial charge >= 0.3 is 0 Å². The van der Waals surface area contributed by atoms with Gasteiger partial charge in [0.15, 0.2) is 0 Å². The number of hydrogen-bond acceptors (Lipinski definition) is 3. The number of rotatable bonds is 4. The van der Waals surface area contributed by atoms with Crippen LogP contribution in [0.4, 0.5) is 0 Å². The molecule has 0 radical (unpaired) electrons. The van der Waals surface area contributed by atoms with E-state index in [1.165, 1.54) is 30.5 Å². The number of hydrogen-bond donors (Lipinski definition) is 1. The molecule has 0 spiro atoms. The summed E-state index contributed by atoms with van der Waals surface area (Å²) in [4.78, 5) is 2.55. The van der Waals surface area contributed by atoms with Gasteiger partial charge < -0.3 is 15.0 Å². The SMILES string of the molecule is CCN1CCCC(C)(COc2ccc3c(c2)CNCC3)C1. The first-order valence-corrected chi connectivity index (χ1v) is 8.36. The van der Waals surface area contributed by atoms with Crippen LogP contribution in [0.1, 0.15) is 37.8 Å². The summed E-state index contributed by atoms with van der Waals surface area (Å²) < 4.78 is 6.15. The lowest BCUT2D eigenvalue weighted by atomic mass is 9.82.